The van der Waals surface area contributed by atoms with Gasteiger partial charge in [0.05, 0.1) is 29.8 Å². The number of ether oxygens (including phenoxy) is 1. The van der Waals surface area contributed by atoms with Crippen LogP contribution in [0.25, 0.3) is 0 Å². The summed E-state index contributed by atoms with van der Waals surface area (Å²) in [5.41, 5.74) is 1.89. The van der Waals surface area contributed by atoms with Gasteiger partial charge in [-0.15, -0.1) is 11.8 Å². The van der Waals surface area contributed by atoms with Crippen LogP contribution in [0.4, 0.5) is 20.2 Å². The maximum absolute atomic E-state index is 12.8. The van der Waals surface area contributed by atoms with Gasteiger partial charge in [0.15, 0.2) is 0 Å². The Balaban J connectivity index is 1.88. The molecule has 11 heteroatoms. The number of hydrogen-bond donors (Lipinski definition) is 3. The van der Waals surface area contributed by atoms with Gasteiger partial charge >= 0.3 is 0 Å². The first-order chi connectivity index (χ1) is 15.9. The molecule has 1 aromatic rings. The zero-order valence-corrected chi connectivity index (χ0v) is 19.7. The van der Waals surface area contributed by atoms with Crippen LogP contribution in [0.2, 0.25) is 0 Å². The normalized spacial score (nSPS) is 18.8. The minimum atomic E-state index is -2.68. The fourth-order valence-electron chi connectivity index (χ4n) is 3.49. The predicted octanol–water partition coefficient (Wildman–Crippen LogP) is 2.75. The standard InChI is InChI=1S/C22H31F2N5O3S/c1-3-29-20(11-15(13-25)21(30)28-14-19(23)24)33-18(22(29)31)7-8-26-16-5-4-6-17(12-16)27-9-10-32-2/h4-6,12,15,18-20,26-27H,3,7-11,14H2,1-2H3,(H,28,30). The Morgan fingerprint density at radius 3 is 2.61 bits per heavy atom. The summed E-state index contributed by atoms with van der Waals surface area (Å²) >= 11 is 1.42. The van der Waals surface area contributed by atoms with Crippen molar-refractivity contribution in [2.24, 2.45) is 5.92 Å². The van der Waals surface area contributed by atoms with Crippen LogP contribution < -0.4 is 16.0 Å². The summed E-state index contributed by atoms with van der Waals surface area (Å²) in [7, 11) is 1.65. The van der Waals surface area contributed by atoms with Gasteiger partial charge in [-0.25, -0.2) is 8.78 Å². The lowest BCUT2D eigenvalue weighted by molar-refractivity contribution is -0.131. The quantitative estimate of drug-likeness (QED) is 0.349. The zero-order chi connectivity index (χ0) is 24.2. The second-order valence-corrected chi connectivity index (χ2v) is 8.86. The molecule has 3 atom stereocenters. The van der Waals surface area contributed by atoms with Crippen molar-refractivity contribution in [2.45, 2.75) is 36.8 Å². The van der Waals surface area contributed by atoms with Gasteiger partial charge in [0.1, 0.15) is 5.92 Å². The Hall–Kier alpha value is -2.58. The van der Waals surface area contributed by atoms with E-state index in [1.54, 1.807) is 12.0 Å². The van der Waals surface area contributed by atoms with Crippen LogP contribution in [0.1, 0.15) is 19.8 Å². The van der Waals surface area contributed by atoms with E-state index in [-0.39, 0.29) is 23.0 Å². The summed E-state index contributed by atoms with van der Waals surface area (Å²) < 4.78 is 29.7. The first kappa shape index (κ1) is 26.7. The van der Waals surface area contributed by atoms with Crippen LogP contribution in [0, 0.1) is 17.2 Å². The van der Waals surface area contributed by atoms with Crippen LogP contribution in [0.5, 0.6) is 0 Å². The molecule has 2 rings (SSSR count). The average Bonchev–Trinajstić information content (AvgIpc) is 3.10. The van der Waals surface area contributed by atoms with E-state index in [0.29, 0.717) is 32.7 Å². The third-order valence-corrected chi connectivity index (χ3v) is 6.67. The van der Waals surface area contributed by atoms with Gasteiger partial charge < -0.3 is 25.6 Å². The Labute approximate surface area is 197 Å². The van der Waals surface area contributed by atoms with E-state index in [1.165, 1.54) is 11.8 Å². The molecule has 0 radical (unpaired) electrons. The van der Waals surface area contributed by atoms with E-state index in [4.69, 9.17) is 4.74 Å². The fourth-order valence-corrected chi connectivity index (χ4v) is 5.08. The SMILES string of the molecule is CCN1C(=O)C(CCNc2cccc(NCCOC)c2)SC1CC(C#N)C(=O)NCC(F)F. The van der Waals surface area contributed by atoms with Crippen LogP contribution in [0.3, 0.4) is 0 Å². The van der Waals surface area contributed by atoms with E-state index in [0.717, 1.165) is 11.4 Å². The molecule has 0 spiro atoms. The molecule has 1 aromatic carbocycles. The summed E-state index contributed by atoms with van der Waals surface area (Å²) in [5.74, 6) is -1.85. The summed E-state index contributed by atoms with van der Waals surface area (Å²) in [6.07, 6.45) is -2.00. The van der Waals surface area contributed by atoms with Crippen LogP contribution in [0.15, 0.2) is 24.3 Å². The molecule has 33 heavy (non-hydrogen) atoms. The van der Waals surface area contributed by atoms with Crippen LogP contribution in [-0.4, -0.2) is 73.7 Å². The molecule has 1 fully saturated rings. The molecule has 1 aliphatic heterocycles. The molecule has 0 saturated carbocycles. The summed E-state index contributed by atoms with van der Waals surface area (Å²) in [6, 6.07) is 9.70. The highest BCUT2D eigenvalue weighted by atomic mass is 32.2. The van der Waals surface area contributed by atoms with E-state index >= 15 is 0 Å². The zero-order valence-electron chi connectivity index (χ0n) is 18.9. The summed E-state index contributed by atoms with van der Waals surface area (Å²) in [6.45, 7) is 3.38. The highest BCUT2D eigenvalue weighted by Crippen LogP contribution is 2.37. The van der Waals surface area contributed by atoms with Crippen molar-refractivity contribution in [1.29, 1.82) is 5.26 Å². The van der Waals surface area contributed by atoms with Gasteiger partial charge in [-0.3, -0.25) is 9.59 Å². The third-order valence-electron chi connectivity index (χ3n) is 5.14. The molecular weight excluding hydrogens is 452 g/mol. The summed E-state index contributed by atoms with van der Waals surface area (Å²) in [5, 5.41) is 17.4. The molecule has 182 valence electrons. The molecule has 1 heterocycles. The van der Waals surface area contributed by atoms with Crippen molar-refractivity contribution >= 4 is 35.0 Å². The number of methoxy groups -OCH3 is 1. The maximum atomic E-state index is 12.8. The fraction of sp³-hybridized carbons (Fsp3) is 0.591. The lowest BCUT2D eigenvalue weighted by Gasteiger charge is -2.23. The Morgan fingerprint density at radius 2 is 2.00 bits per heavy atom. The number of alkyl halides is 2. The summed E-state index contributed by atoms with van der Waals surface area (Å²) in [4.78, 5) is 26.5. The van der Waals surface area contributed by atoms with Gasteiger partial charge in [-0.2, -0.15) is 5.26 Å². The minimum absolute atomic E-state index is 0.0334. The lowest BCUT2D eigenvalue weighted by Crippen LogP contribution is -2.39. The highest BCUT2D eigenvalue weighted by Gasteiger charge is 2.40. The number of rotatable bonds is 14. The first-order valence-electron chi connectivity index (χ1n) is 10.9. The number of hydrogen-bond acceptors (Lipinski definition) is 7. The van der Waals surface area contributed by atoms with Crippen molar-refractivity contribution in [3.63, 3.8) is 0 Å². The van der Waals surface area contributed by atoms with Crippen molar-refractivity contribution in [2.75, 3.05) is 50.5 Å². The Kier molecular flexibility index (Phi) is 11.2. The monoisotopic (exact) mass is 483 g/mol. The third kappa shape index (κ3) is 8.37. The second kappa shape index (κ2) is 13.9. The number of halogens is 2. The van der Waals surface area contributed by atoms with Crippen LogP contribution in [-0.2, 0) is 14.3 Å². The number of nitriles is 1. The van der Waals surface area contributed by atoms with Gasteiger partial charge in [0.2, 0.25) is 11.8 Å². The van der Waals surface area contributed by atoms with Crippen molar-refractivity contribution < 1.29 is 23.1 Å². The number of benzene rings is 1. The van der Waals surface area contributed by atoms with Gasteiger partial charge in [0, 0.05) is 44.5 Å². The Morgan fingerprint density at radius 1 is 1.30 bits per heavy atom. The topological polar surface area (TPSA) is 106 Å². The van der Waals surface area contributed by atoms with Crippen molar-refractivity contribution in [3.8, 4) is 6.07 Å². The van der Waals surface area contributed by atoms with Crippen molar-refractivity contribution in [3.05, 3.63) is 24.3 Å². The molecular formula is C22H31F2N5O3S. The van der Waals surface area contributed by atoms with E-state index < -0.39 is 24.8 Å². The minimum Gasteiger partial charge on any atom is -0.385 e. The number of nitrogens with one attached hydrogen (secondary N) is 3. The molecule has 8 nitrogen and oxygen atoms in total. The van der Waals surface area contributed by atoms with Crippen LogP contribution >= 0.6 is 11.8 Å². The number of amides is 2. The molecule has 1 aliphatic rings. The van der Waals surface area contributed by atoms with E-state index in [2.05, 4.69) is 16.0 Å². The maximum Gasteiger partial charge on any atom is 0.255 e. The van der Waals surface area contributed by atoms with E-state index in [9.17, 15) is 23.6 Å². The molecule has 0 aromatic heterocycles. The van der Waals surface area contributed by atoms with Gasteiger partial charge in [0.25, 0.3) is 6.43 Å². The van der Waals surface area contributed by atoms with Gasteiger partial charge in [-0.05, 0) is 31.5 Å². The number of nitrogens with zero attached hydrogens (tertiary/aromatic N) is 2. The largest absolute Gasteiger partial charge is 0.385 e. The number of carbonyl (C=O) groups is 2. The first-order valence-corrected chi connectivity index (χ1v) is 11.8. The number of anilines is 2. The van der Waals surface area contributed by atoms with Crippen molar-refractivity contribution in [1.82, 2.24) is 10.2 Å². The van der Waals surface area contributed by atoms with E-state index in [1.807, 2.05) is 37.3 Å². The average molecular weight is 484 g/mol. The Bertz CT molecular complexity index is 823. The smallest absolute Gasteiger partial charge is 0.255 e. The lowest BCUT2D eigenvalue weighted by atomic mass is 10.1. The molecule has 0 bridgehead atoms. The number of carbonyl (C=O) groups excluding carboxylic acids is 2. The number of thioether (sulfide) groups is 1. The molecule has 0 aliphatic carbocycles. The molecule has 2 amide bonds. The highest BCUT2D eigenvalue weighted by molar-refractivity contribution is 8.01. The molecule has 1 saturated heterocycles. The second-order valence-electron chi connectivity index (χ2n) is 7.47. The molecule has 3 N–H and O–H groups in total. The van der Waals surface area contributed by atoms with Gasteiger partial charge in [-0.1, -0.05) is 6.07 Å². The predicted molar refractivity (Wildman–Crippen MR) is 125 cm³/mol. The molecule has 3 unspecified atom stereocenters.